The normalized spacial score (nSPS) is 18.8. The molecule has 3 aromatic carbocycles. The highest BCUT2D eigenvalue weighted by atomic mass is 35.5. The number of aliphatic hydroxyl groups is 1. The average molecular weight is 682 g/mol. The molecule has 0 aromatic heterocycles. The summed E-state index contributed by atoms with van der Waals surface area (Å²) in [6.07, 6.45) is 0.621. The van der Waals surface area contributed by atoms with Gasteiger partial charge in [0.05, 0.1) is 29.1 Å². The Kier molecular flexibility index (Phi) is 12.4. The third-order valence-corrected chi connectivity index (χ3v) is 10.7. The molecule has 252 valence electrons. The third-order valence-electron chi connectivity index (χ3n) is 8.72. The van der Waals surface area contributed by atoms with Gasteiger partial charge >= 0.3 is 6.18 Å². The fourth-order valence-electron chi connectivity index (χ4n) is 6.28. The van der Waals surface area contributed by atoms with E-state index in [1.165, 1.54) is 6.07 Å². The van der Waals surface area contributed by atoms with Crippen molar-refractivity contribution in [3.63, 3.8) is 0 Å². The highest BCUT2D eigenvalue weighted by Gasteiger charge is 2.31. The predicted molar refractivity (Wildman–Crippen MR) is 180 cm³/mol. The standard InChI is InChI=1S/C34H42F3N3O4S.ClH/c35-34(36,37)29-14-8-11-25(17-29)22-38-23-32(41)31(18-24-9-2-1-3-10-24)39-33(42)28-19-27(26-12-4-5-13-26)20-30(21-28)40-15-6-7-16-45(40,43)44;/h1-3,8-11,14,17,19-21,26,31-32,38,41,43-44H,4-7,12-13,15-16,18,22-23H2,(H,39,42);1H/t31-,32-;/m0./s1. The highest BCUT2D eigenvalue weighted by molar-refractivity contribution is 8.25. The van der Waals surface area contributed by atoms with E-state index < -0.39 is 34.7 Å². The van der Waals surface area contributed by atoms with Crippen LogP contribution in [0.1, 0.15) is 77.1 Å². The first-order valence-electron chi connectivity index (χ1n) is 15.6. The van der Waals surface area contributed by atoms with E-state index in [0.717, 1.165) is 61.8 Å². The number of hydrogen-bond donors (Lipinski definition) is 5. The van der Waals surface area contributed by atoms with Gasteiger partial charge in [0, 0.05) is 25.2 Å². The lowest BCUT2D eigenvalue weighted by atomic mass is 9.94. The first-order chi connectivity index (χ1) is 21.5. The molecule has 0 bridgehead atoms. The Balaban J connectivity index is 0.00000480. The van der Waals surface area contributed by atoms with E-state index in [1.807, 2.05) is 42.5 Å². The molecule has 0 unspecified atom stereocenters. The number of nitrogens with one attached hydrogen (secondary N) is 2. The number of anilines is 1. The van der Waals surface area contributed by atoms with E-state index in [-0.39, 0.29) is 37.3 Å². The van der Waals surface area contributed by atoms with Gasteiger partial charge in [0.25, 0.3) is 5.91 Å². The van der Waals surface area contributed by atoms with Crippen molar-refractivity contribution in [2.45, 2.75) is 75.7 Å². The van der Waals surface area contributed by atoms with Gasteiger partial charge in [-0.05, 0) is 79.0 Å². The fourth-order valence-corrected chi connectivity index (χ4v) is 7.95. The Bertz CT molecular complexity index is 1440. The lowest BCUT2D eigenvalue weighted by Gasteiger charge is -2.47. The smallest absolute Gasteiger partial charge is 0.390 e. The summed E-state index contributed by atoms with van der Waals surface area (Å²) < 4.78 is 62.8. The maximum absolute atomic E-state index is 13.9. The largest absolute Gasteiger partial charge is 0.416 e. The van der Waals surface area contributed by atoms with Crippen LogP contribution in [0.15, 0.2) is 72.8 Å². The molecule has 1 saturated heterocycles. The third kappa shape index (κ3) is 9.39. The van der Waals surface area contributed by atoms with Crippen LogP contribution in [-0.4, -0.2) is 51.1 Å². The van der Waals surface area contributed by atoms with Gasteiger partial charge in [0.2, 0.25) is 0 Å². The summed E-state index contributed by atoms with van der Waals surface area (Å²) in [5, 5.41) is 17.3. The molecule has 1 saturated carbocycles. The molecule has 5 rings (SSSR count). The summed E-state index contributed by atoms with van der Waals surface area (Å²) in [6, 6.07) is 19.3. The number of carbonyl (C=O) groups excluding carboxylic acids is 1. The van der Waals surface area contributed by atoms with Crippen molar-refractivity contribution < 1.29 is 32.2 Å². The molecular formula is C34H43ClF3N3O4S. The van der Waals surface area contributed by atoms with Crippen molar-refractivity contribution >= 4 is 34.8 Å². The summed E-state index contributed by atoms with van der Waals surface area (Å²) >= 11 is 0. The molecule has 46 heavy (non-hydrogen) atoms. The molecule has 7 nitrogen and oxygen atoms in total. The first-order valence-corrected chi connectivity index (χ1v) is 17.3. The second kappa shape index (κ2) is 15.9. The van der Waals surface area contributed by atoms with Crippen molar-refractivity contribution in [3.05, 3.63) is 101 Å². The number of amides is 1. The number of benzene rings is 3. The average Bonchev–Trinajstić information content (AvgIpc) is 3.56. The van der Waals surface area contributed by atoms with Gasteiger partial charge in [-0.2, -0.15) is 13.2 Å². The van der Waals surface area contributed by atoms with Gasteiger partial charge in [0.1, 0.15) is 0 Å². The van der Waals surface area contributed by atoms with Crippen LogP contribution in [0.5, 0.6) is 0 Å². The number of hydrogen-bond acceptors (Lipinski definition) is 6. The first kappa shape index (κ1) is 36.0. The molecule has 1 aliphatic carbocycles. The quantitative estimate of drug-likeness (QED) is 0.143. The van der Waals surface area contributed by atoms with Crippen LogP contribution in [0.2, 0.25) is 0 Å². The monoisotopic (exact) mass is 681 g/mol. The molecule has 0 radical (unpaired) electrons. The van der Waals surface area contributed by atoms with Crippen molar-refractivity contribution in [3.8, 4) is 0 Å². The van der Waals surface area contributed by atoms with Crippen LogP contribution < -0.4 is 14.9 Å². The summed E-state index contributed by atoms with van der Waals surface area (Å²) in [6.45, 7) is 0.641. The van der Waals surface area contributed by atoms with Gasteiger partial charge in [0.15, 0.2) is 0 Å². The predicted octanol–water partition coefficient (Wildman–Crippen LogP) is 7.54. The van der Waals surface area contributed by atoms with E-state index in [1.54, 1.807) is 16.4 Å². The fraction of sp³-hybridized carbons (Fsp3) is 0.441. The minimum Gasteiger partial charge on any atom is -0.390 e. The van der Waals surface area contributed by atoms with Crippen LogP contribution >= 0.6 is 23.2 Å². The molecule has 5 N–H and O–H groups in total. The maximum Gasteiger partial charge on any atom is 0.416 e. The molecule has 1 amide bonds. The molecule has 3 aromatic rings. The zero-order chi connectivity index (χ0) is 32.0. The van der Waals surface area contributed by atoms with Crippen LogP contribution in [0.3, 0.4) is 0 Å². The zero-order valence-electron chi connectivity index (χ0n) is 25.6. The maximum atomic E-state index is 13.9. The van der Waals surface area contributed by atoms with Crippen molar-refractivity contribution in [2.24, 2.45) is 0 Å². The van der Waals surface area contributed by atoms with E-state index in [2.05, 4.69) is 10.6 Å². The second-order valence-corrected chi connectivity index (χ2v) is 14.2. The Morgan fingerprint density at radius 2 is 1.65 bits per heavy atom. The molecular weight excluding hydrogens is 639 g/mol. The number of aliphatic hydroxyl groups excluding tert-OH is 1. The topological polar surface area (TPSA) is 105 Å². The summed E-state index contributed by atoms with van der Waals surface area (Å²) in [5.41, 5.74) is 2.60. The minimum absolute atomic E-state index is 0. The Morgan fingerprint density at radius 3 is 2.35 bits per heavy atom. The molecule has 0 spiro atoms. The molecule has 2 atom stereocenters. The van der Waals surface area contributed by atoms with E-state index in [9.17, 15) is 32.2 Å². The van der Waals surface area contributed by atoms with E-state index in [4.69, 9.17) is 0 Å². The molecule has 2 fully saturated rings. The van der Waals surface area contributed by atoms with Crippen molar-refractivity contribution in [1.82, 2.24) is 10.6 Å². The summed E-state index contributed by atoms with van der Waals surface area (Å²) in [5.74, 6) is 0.192. The minimum atomic E-state index is -4.44. The molecule has 1 aliphatic heterocycles. The van der Waals surface area contributed by atoms with Crippen LogP contribution in [-0.2, 0) is 19.1 Å². The van der Waals surface area contributed by atoms with Crippen LogP contribution in [0.25, 0.3) is 0 Å². The van der Waals surface area contributed by atoms with Gasteiger partial charge in [-0.1, -0.05) is 61.4 Å². The molecule has 2 aliphatic rings. The molecule has 12 heteroatoms. The Labute approximate surface area is 276 Å². The van der Waals surface area contributed by atoms with Crippen LogP contribution in [0, 0.1) is 0 Å². The Hall–Kier alpha value is -2.80. The van der Waals surface area contributed by atoms with Gasteiger partial charge < -0.3 is 15.7 Å². The number of nitrogens with zero attached hydrogens (tertiary/aromatic N) is 1. The lowest BCUT2D eigenvalue weighted by molar-refractivity contribution is -0.137. The molecule has 1 heterocycles. The highest BCUT2D eigenvalue weighted by Crippen LogP contribution is 2.50. The van der Waals surface area contributed by atoms with Crippen molar-refractivity contribution in [1.29, 1.82) is 0 Å². The Morgan fingerprint density at radius 1 is 0.935 bits per heavy atom. The van der Waals surface area contributed by atoms with Crippen LogP contribution in [0.4, 0.5) is 18.9 Å². The van der Waals surface area contributed by atoms with Gasteiger partial charge in [-0.3, -0.25) is 18.2 Å². The van der Waals surface area contributed by atoms with Crippen molar-refractivity contribution in [2.75, 3.05) is 23.1 Å². The van der Waals surface area contributed by atoms with Gasteiger partial charge in [-0.15, -0.1) is 23.2 Å². The zero-order valence-corrected chi connectivity index (χ0v) is 27.2. The second-order valence-electron chi connectivity index (χ2n) is 12.1. The SMILES string of the molecule is Cl.O=C(N[C@@H](Cc1ccccc1)[C@@H](O)CNCc1cccc(C(F)(F)F)c1)c1cc(C2CCCC2)cc(N2CCCCS2(O)O)c1. The number of alkyl halides is 3. The summed E-state index contributed by atoms with van der Waals surface area (Å²) in [7, 11) is -2.99. The summed E-state index contributed by atoms with van der Waals surface area (Å²) in [4.78, 5) is 13.9. The van der Waals surface area contributed by atoms with E-state index in [0.29, 0.717) is 35.5 Å². The van der Waals surface area contributed by atoms with Gasteiger partial charge in [-0.25, -0.2) is 0 Å². The number of carbonyl (C=O) groups is 1. The number of rotatable bonds is 11. The van der Waals surface area contributed by atoms with E-state index >= 15 is 0 Å². The number of halogens is 4. The lowest BCUT2D eigenvalue weighted by Crippen LogP contribution is -2.48.